The van der Waals surface area contributed by atoms with E-state index >= 15 is 0 Å². The van der Waals surface area contributed by atoms with Gasteiger partial charge in [-0.05, 0) is 12.1 Å². The molecule has 2 aliphatic rings. The number of nitrogens with zero attached hydrogens (tertiary/aromatic N) is 2. The topological polar surface area (TPSA) is 43.3 Å². The Hall–Kier alpha value is -1.59. The molecule has 2 heterocycles. The Morgan fingerprint density at radius 2 is 2.00 bits per heavy atom. The fourth-order valence-electron chi connectivity index (χ4n) is 2.22. The molecule has 1 fully saturated rings. The van der Waals surface area contributed by atoms with Crippen molar-refractivity contribution in [3.8, 4) is 5.75 Å². The molecular formula is C14H18N2O3. The van der Waals surface area contributed by atoms with Crippen LogP contribution in [-0.4, -0.2) is 56.5 Å². The van der Waals surface area contributed by atoms with Gasteiger partial charge in [0.15, 0.2) is 6.29 Å². The van der Waals surface area contributed by atoms with E-state index in [-0.39, 0.29) is 6.29 Å². The van der Waals surface area contributed by atoms with E-state index in [1.54, 1.807) is 0 Å². The standard InChI is InChI=1S/C14H18N2O3/c1-2-4-12(5-3-1)19-11-13-15-6-7-16(13)10-14-17-8-9-18-14/h1-5,14H,6-11H2. The second kappa shape index (κ2) is 6.04. The van der Waals surface area contributed by atoms with Crippen molar-refractivity contribution in [1.82, 2.24) is 4.90 Å². The van der Waals surface area contributed by atoms with E-state index in [2.05, 4.69) is 9.89 Å². The van der Waals surface area contributed by atoms with Crippen molar-refractivity contribution in [2.75, 3.05) is 39.5 Å². The van der Waals surface area contributed by atoms with Crippen molar-refractivity contribution < 1.29 is 14.2 Å². The quantitative estimate of drug-likeness (QED) is 0.798. The van der Waals surface area contributed by atoms with Crippen molar-refractivity contribution in [1.29, 1.82) is 0 Å². The minimum Gasteiger partial charge on any atom is -0.486 e. The van der Waals surface area contributed by atoms with Crippen LogP contribution in [0, 0.1) is 0 Å². The first-order chi connectivity index (χ1) is 9.42. The molecule has 0 aromatic heterocycles. The third kappa shape index (κ3) is 3.24. The van der Waals surface area contributed by atoms with Gasteiger partial charge < -0.3 is 19.1 Å². The van der Waals surface area contributed by atoms with Crippen LogP contribution in [0.5, 0.6) is 5.75 Å². The maximum atomic E-state index is 5.73. The molecular weight excluding hydrogens is 244 g/mol. The molecule has 1 saturated heterocycles. The molecule has 0 amide bonds. The summed E-state index contributed by atoms with van der Waals surface area (Å²) >= 11 is 0. The minimum atomic E-state index is -0.125. The average Bonchev–Trinajstić information content (AvgIpc) is 3.10. The maximum Gasteiger partial charge on any atom is 0.175 e. The number of benzene rings is 1. The second-order valence-electron chi connectivity index (χ2n) is 4.52. The van der Waals surface area contributed by atoms with Gasteiger partial charge in [-0.15, -0.1) is 0 Å². The minimum absolute atomic E-state index is 0.125. The number of aliphatic imine (C=N–C) groups is 1. The zero-order chi connectivity index (χ0) is 12.9. The van der Waals surface area contributed by atoms with Crippen LogP contribution in [0.4, 0.5) is 0 Å². The average molecular weight is 262 g/mol. The summed E-state index contributed by atoms with van der Waals surface area (Å²) in [6, 6.07) is 9.79. The molecule has 5 nitrogen and oxygen atoms in total. The van der Waals surface area contributed by atoms with Crippen LogP contribution < -0.4 is 4.74 Å². The molecule has 0 atom stereocenters. The third-order valence-corrected chi connectivity index (χ3v) is 3.20. The molecule has 2 aliphatic heterocycles. The van der Waals surface area contributed by atoms with Crippen LogP contribution in [0.3, 0.4) is 0 Å². The number of hydrogen-bond donors (Lipinski definition) is 0. The Morgan fingerprint density at radius 3 is 2.79 bits per heavy atom. The van der Waals surface area contributed by atoms with Crippen LogP contribution in [0.25, 0.3) is 0 Å². The molecule has 0 spiro atoms. The van der Waals surface area contributed by atoms with E-state index in [1.165, 1.54) is 0 Å². The lowest BCUT2D eigenvalue weighted by molar-refractivity contribution is -0.0515. The fraction of sp³-hybridized carbons (Fsp3) is 0.500. The van der Waals surface area contributed by atoms with Gasteiger partial charge in [0.25, 0.3) is 0 Å². The monoisotopic (exact) mass is 262 g/mol. The first kappa shape index (κ1) is 12.4. The van der Waals surface area contributed by atoms with Crippen molar-refractivity contribution in [3.63, 3.8) is 0 Å². The molecule has 1 aromatic carbocycles. The molecule has 0 bridgehead atoms. The zero-order valence-corrected chi connectivity index (χ0v) is 10.8. The first-order valence-corrected chi connectivity index (χ1v) is 6.61. The lowest BCUT2D eigenvalue weighted by Gasteiger charge is -2.23. The summed E-state index contributed by atoms with van der Waals surface area (Å²) in [5.74, 6) is 1.84. The zero-order valence-electron chi connectivity index (χ0n) is 10.8. The molecule has 5 heteroatoms. The lowest BCUT2D eigenvalue weighted by atomic mass is 10.3. The summed E-state index contributed by atoms with van der Waals surface area (Å²) in [5.41, 5.74) is 0. The van der Waals surface area contributed by atoms with Gasteiger partial charge in [0.2, 0.25) is 0 Å². The second-order valence-corrected chi connectivity index (χ2v) is 4.52. The summed E-state index contributed by atoms with van der Waals surface area (Å²) < 4.78 is 16.7. The van der Waals surface area contributed by atoms with Gasteiger partial charge in [0.05, 0.1) is 26.3 Å². The summed E-state index contributed by atoms with van der Waals surface area (Å²) in [5, 5.41) is 0. The molecule has 0 unspecified atom stereocenters. The SMILES string of the molecule is c1ccc(OCC2=NCCN2CC2OCCO2)cc1. The number of ether oxygens (including phenoxy) is 3. The van der Waals surface area contributed by atoms with Crippen molar-refractivity contribution in [2.24, 2.45) is 4.99 Å². The van der Waals surface area contributed by atoms with Gasteiger partial charge in [-0.3, -0.25) is 4.99 Å². The van der Waals surface area contributed by atoms with E-state index in [0.29, 0.717) is 19.8 Å². The van der Waals surface area contributed by atoms with Gasteiger partial charge in [-0.25, -0.2) is 0 Å². The van der Waals surface area contributed by atoms with E-state index in [0.717, 1.165) is 31.2 Å². The summed E-state index contributed by atoms with van der Waals surface area (Å²) in [6.07, 6.45) is -0.125. The molecule has 0 saturated carbocycles. The number of rotatable bonds is 5. The number of amidine groups is 1. The Bertz CT molecular complexity index is 430. The highest BCUT2D eigenvalue weighted by Gasteiger charge is 2.24. The van der Waals surface area contributed by atoms with Crippen LogP contribution in [-0.2, 0) is 9.47 Å². The Morgan fingerprint density at radius 1 is 1.21 bits per heavy atom. The Balaban J connectivity index is 1.51. The molecule has 19 heavy (non-hydrogen) atoms. The highest BCUT2D eigenvalue weighted by atomic mass is 16.7. The van der Waals surface area contributed by atoms with Crippen molar-refractivity contribution in [2.45, 2.75) is 6.29 Å². The van der Waals surface area contributed by atoms with Gasteiger partial charge in [-0.1, -0.05) is 18.2 Å². The van der Waals surface area contributed by atoms with Crippen LogP contribution in [0.2, 0.25) is 0 Å². The molecule has 0 aliphatic carbocycles. The van der Waals surface area contributed by atoms with E-state index in [1.807, 2.05) is 30.3 Å². The van der Waals surface area contributed by atoms with Gasteiger partial charge in [0.1, 0.15) is 18.2 Å². The fourth-order valence-corrected chi connectivity index (χ4v) is 2.22. The highest BCUT2D eigenvalue weighted by molar-refractivity contribution is 5.85. The summed E-state index contributed by atoms with van der Waals surface area (Å²) in [6.45, 7) is 4.33. The normalized spacial score (nSPS) is 19.8. The van der Waals surface area contributed by atoms with Crippen LogP contribution >= 0.6 is 0 Å². The third-order valence-electron chi connectivity index (χ3n) is 3.20. The first-order valence-electron chi connectivity index (χ1n) is 6.61. The van der Waals surface area contributed by atoms with E-state index in [4.69, 9.17) is 14.2 Å². The molecule has 102 valence electrons. The molecule has 0 radical (unpaired) electrons. The Labute approximate surface area is 112 Å². The largest absolute Gasteiger partial charge is 0.486 e. The van der Waals surface area contributed by atoms with Crippen molar-refractivity contribution in [3.05, 3.63) is 30.3 Å². The molecule has 1 aromatic rings. The molecule has 3 rings (SSSR count). The number of para-hydroxylation sites is 1. The summed E-state index contributed by atoms with van der Waals surface area (Å²) in [4.78, 5) is 6.66. The highest BCUT2D eigenvalue weighted by Crippen LogP contribution is 2.12. The lowest BCUT2D eigenvalue weighted by Crippen LogP contribution is -2.38. The smallest absolute Gasteiger partial charge is 0.175 e. The maximum absolute atomic E-state index is 5.73. The Kier molecular flexibility index (Phi) is 3.95. The van der Waals surface area contributed by atoms with Gasteiger partial charge in [0, 0.05) is 6.54 Å². The molecule has 0 N–H and O–H groups in total. The van der Waals surface area contributed by atoms with E-state index in [9.17, 15) is 0 Å². The van der Waals surface area contributed by atoms with Gasteiger partial charge in [-0.2, -0.15) is 0 Å². The van der Waals surface area contributed by atoms with Gasteiger partial charge >= 0.3 is 0 Å². The number of hydrogen-bond acceptors (Lipinski definition) is 5. The summed E-state index contributed by atoms with van der Waals surface area (Å²) in [7, 11) is 0. The predicted octanol–water partition coefficient (Wildman–Crippen LogP) is 1.15. The predicted molar refractivity (Wildman–Crippen MR) is 71.5 cm³/mol. The van der Waals surface area contributed by atoms with Crippen LogP contribution in [0.1, 0.15) is 0 Å². The van der Waals surface area contributed by atoms with Crippen LogP contribution in [0.15, 0.2) is 35.3 Å². The van der Waals surface area contributed by atoms with Crippen molar-refractivity contribution >= 4 is 5.84 Å². The van der Waals surface area contributed by atoms with E-state index < -0.39 is 0 Å².